The second kappa shape index (κ2) is 4.86. The Morgan fingerprint density at radius 1 is 1.44 bits per heavy atom. The highest BCUT2D eigenvalue weighted by Gasteiger charge is 2.09. The van der Waals surface area contributed by atoms with Gasteiger partial charge in [-0.3, -0.25) is 4.98 Å². The molecule has 0 aliphatic rings. The lowest BCUT2D eigenvalue weighted by atomic mass is 10.2. The maximum atomic E-state index is 8.56. The quantitative estimate of drug-likeness (QED) is 0.813. The second-order valence-electron chi connectivity index (χ2n) is 3.40. The molecule has 0 bridgehead atoms. The van der Waals surface area contributed by atoms with E-state index in [4.69, 9.17) is 5.26 Å². The number of hydrogen-bond donors (Lipinski definition) is 0. The van der Waals surface area contributed by atoms with Crippen molar-refractivity contribution >= 4 is 11.3 Å². The number of nitrogens with zero attached hydrogens (tertiary/aromatic N) is 3. The number of aromatic nitrogens is 2. The van der Waals surface area contributed by atoms with Crippen LogP contribution in [0.15, 0.2) is 24.4 Å². The lowest BCUT2D eigenvalue weighted by Crippen LogP contribution is -1.82. The Balaban J connectivity index is 2.28. The van der Waals surface area contributed by atoms with Gasteiger partial charge in [0.15, 0.2) is 0 Å². The molecular formula is C12H11N3S. The van der Waals surface area contributed by atoms with E-state index in [2.05, 4.69) is 16.0 Å². The Morgan fingerprint density at radius 3 is 3.00 bits per heavy atom. The fourth-order valence-electron chi connectivity index (χ4n) is 1.43. The molecule has 0 aliphatic heterocycles. The standard InChI is InChI=1S/C12H11N3S/c1-9-11(6-4-7-13)16-12(15-9)10-5-2-3-8-14-10/h2-3,5,8H,4,6H2,1H3. The molecule has 2 heterocycles. The third-order valence-corrected chi connectivity index (χ3v) is 3.48. The maximum absolute atomic E-state index is 8.56. The number of hydrogen-bond acceptors (Lipinski definition) is 4. The van der Waals surface area contributed by atoms with Crippen molar-refractivity contribution in [3.05, 3.63) is 35.0 Å². The minimum absolute atomic E-state index is 0.546. The van der Waals surface area contributed by atoms with Crippen LogP contribution in [0.4, 0.5) is 0 Å². The molecule has 80 valence electrons. The zero-order valence-electron chi connectivity index (χ0n) is 8.97. The first kappa shape index (κ1) is 10.8. The first-order valence-electron chi connectivity index (χ1n) is 5.06. The Morgan fingerprint density at radius 2 is 2.31 bits per heavy atom. The molecule has 2 rings (SSSR count). The molecule has 0 spiro atoms. The lowest BCUT2D eigenvalue weighted by Gasteiger charge is -1.91. The van der Waals surface area contributed by atoms with Gasteiger partial charge >= 0.3 is 0 Å². The molecule has 0 aliphatic carbocycles. The van der Waals surface area contributed by atoms with Crippen LogP contribution in [0.2, 0.25) is 0 Å². The summed E-state index contributed by atoms with van der Waals surface area (Å²) in [4.78, 5) is 9.93. The van der Waals surface area contributed by atoms with Gasteiger partial charge in [0.2, 0.25) is 0 Å². The van der Waals surface area contributed by atoms with E-state index in [0.29, 0.717) is 6.42 Å². The van der Waals surface area contributed by atoms with Gasteiger partial charge < -0.3 is 0 Å². The molecule has 2 aromatic heterocycles. The van der Waals surface area contributed by atoms with Gasteiger partial charge in [-0.15, -0.1) is 11.3 Å². The molecule has 0 N–H and O–H groups in total. The van der Waals surface area contributed by atoms with Crippen molar-refractivity contribution in [2.24, 2.45) is 0 Å². The molecule has 0 aromatic carbocycles. The van der Waals surface area contributed by atoms with Crippen LogP contribution < -0.4 is 0 Å². The summed E-state index contributed by atoms with van der Waals surface area (Å²) >= 11 is 1.63. The normalized spacial score (nSPS) is 10.0. The van der Waals surface area contributed by atoms with Crippen molar-refractivity contribution in [2.45, 2.75) is 19.8 Å². The third kappa shape index (κ3) is 2.26. The van der Waals surface area contributed by atoms with E-state index in [1.807, 2.05) is 25.1 Å². The highest BCUT2D eigenvalue weighted by atomic mass is 32.1. The molecule has 4 heteroatoms. The highest BCUT2D eigenvalue weighted by molar-refractivity contribution is 7.15. The number of rotatable bonds is 3. The lowest BCUT2D eigenvalue weighted by molar-refractivity contribution is 1.01. The van der Waals surface area contributed by atoms with Crippen LogP contribution in [0.1, 0.15) is 17.0 Å². The van der Waals surface area contributed by atoms with Crippen molar-refractivity contribution in [2.75, 3.05) is 0 Å². The van der Waals surface area contributed by atoms with Gasteiger partial charge in [-0.1, -0.05) is 6.07 Å². The Bertz CT molecular complexity index is 511. The summed E-state index contributed by atoms with van der Waals surface area (Å²) in [5.41, 5.74) is 1.92. The van der Waals surface area contributed by atoms with Crippen molar-refractivity contribution in [3.8, 4) is 16.8 Å². The minimum Gasteiger partial charge on any atom is -0.254 e. The Labute approximate surface area is 98.4 Å². The van der Waals surface area contributed by atoms with E-state index in [1.54, 1.807) is 17.5 Å². The third-order valence-electron chi connectivity index (χ3n) is 2.24. The molecule has 0 saturated carbocycles. The summed E-state index contributed by atoms with van der Waals surface area (Å²) in [6.07, 6.45) is 3.10. The average molecular weight is 229 g/mol. The zero-order chi connectivity index (χ0) is 11.4. The van der Waals surface area contributed by atoms with Gasteiger partial charge in [0.1, 0.15) is 5.01 Å². The molecule has 3 nitrogen and oxygen atoms in total. The predicted molar refractivity (Wildman–Crippen MR) is 64.0 cm³/mol. The van der Waals surface area contributed by atoms with E-state index >= 15 is 0 Å². The Hall–Kier alpha value is -1.73. The largest absolute Gasteiger partial charge is 0.254 e. The highest BCUT2D eigenvalue weighted by Crippen LogP contribution is 2.26. The van der Waals surface area contributed by atoms with E-state index in [-0.39, 0.29) is 0 Å². The first-order valence-corrected chi connectivity index (χ1v) is 5.87. The van der Waals surface area contributed by atoms with Crippen molar-refractivity contribution in [1.82, 2.24) is 9.97 Å². The van der Waals surface area contributed by atoms with Crippen LogP contribution in [0.5, 0.6) is 0 Å². The van der Waals surface area contributed by atoms with Gasteiger partial charge in [0, 0.05) is 17.5 Å². The SMILES string of the molecule is Cc1nc(-c2ccccn2)sc1CCC#N. The molecule has 0 amide bonds. The summed E-state index contributed by atoms with van der Waals surface area (Å²) in [5.74, 6) is 0. The van der Waals surface area contributed by atoms with Crippen LogP contribution in [0.25, 0.3) is 10.7 Å². The minimum atomic E-state index is 0.546. The van der Waals surface area contributed by atoms with Crippen molar-refractivity contribution in [1.29, 1.82) is 5.26 Å². The smallest absolute Gasteiger partial charge is 0.142 e. The second-order valence-corrected chi connectivity index (χ2v) is 4.48. The summed E-state index contributed by atoms with van der Waals surface area (Å²) in [6, 6.07) is 7.95. The fourth-order valence-corrected chi connectivity index (χ4v) is 2.47. The summed E-state index contributed by atoms with van der Waals surface area (Å²) < 4.78 is 0. The molecule has 2 aromatic rings. The van der Waals surface area contributed by atoms with E-state index < -0.39 is 0 Å². The average Bonchev–Trinajstić information content (AvgIpc) is 2.69. The summed E-state index contributed by atoms with van der Waals surface area (Å²) in [6.45, 7) is 1.98. The number of nitriles is 1. The van der Waals surface area contributed by atoms with Gasteiger partial charge in [-0.2, -0.15) is 5.26 Å². The van der Waals surface area contributed by atoms with Crippen LogP contribution in [0.3, 0.4) is 0 Å². The topological polar surface area (TPSA) is 49.6 Å². The summed E-state index contributed by atoms with van der Waals surface area (Å²) in [7, 11) is 0. The van der Waals surface area contributed by atoms with E-state index in [0.717, 1.165) is 22.8 Å². The van der Waals surface area contributed by atoms with Crippen LogP contribution >= 0.6 is 11.3 Å². The Kier molecular flexibility index (Phi) is 3.28. The van der Waals surface area contributed by atoms with Crippen molar-refractivity contribution in [3.63, 3.8) is 0 Å². The number of aryl methyl sites for hydroxylation is 2. The fraction of sp³-hybridized carbons (Fsp3) is 0.250. The first-order chi connectivity index (χ1) is 7.81. The van der Waals surface area contributed by atoms with Crippen LogP contribution in [0, 0.1) is 18.3 Å². The molecule has 0 radical (unpaired) electrons. The maximum Gasteiger partial charge on any atom is 0.142 e. The van der Waals surface area contributed by atoms with E-state index in [1.165, 1.54) is 4.88 Å². The molecular weight excluding hydrogens is 218 g/mol. The molecule has 0 unspecified atom stereocenters. The van der Waals surface area contributed by atoms with Crippen LogP contribution in [-0.2, 0) is 6.42 Å². The molecule has 16 heavy (non-hydrogen) atoms. The molecule has 0 saturated heterocycles. The van der Waals surface area contributed by atoms with Gasteiger partial charge in [0.05, 0.1) is 17.5 Å². The van der Waals surface area contributed by atoms with Crippen LogP contribution in [-0.4, -0.2) is 9.97 Å². The summed E-state index contributed by atoms with van der Waals surface area (Å²) in [5, 5.41) is 9.50. The molecule has 0 atom stereocenters. The zero-order valence-corrected chi connectivity index (χ0v) is 9.79. The number of thiazole rings is 1. The van der Waals surface area contributed by atoms with Gasteiger partial charge in [0.25, 0.3) is 0 Å². The molecule has 0 fully saturated rings. The van der Waals surface area contributed by atoms with Gasteiger partial charge in [-0.25, -0.2) is 4.98 Å². The van der Waals surface area contributed by atoms with Gasteiger partial charge in [-0.05, 0) is 25.5 Å². The monoisotopic (exact) mass is 229 g/mol. The van der Waals surface area contributed by atoms with Crippen molar-refractivity contribution < 1.29 is 0 Å². The number of pyridine rings is 1. The predicted octanol–water partition coefficient (Wildman–Crippen LogP) is 2.97. The van der Waals surface area contributed by atoms with E-state index in [9.17, 15) is 0 Å².